The molecule has 7 heteroatoms. The fraction of sp³-hybridized carbons (Fsp3) is 0.412. The van der Waals surface area contributed by atoms with Crippen LogP contribution in [0.2, 0.25) is 0 Å². The van der Waals surface area contributed by atoms with Gasteiger partial charge >= 0.3 is 5.97 Å². The number of rotatable bonds is 6. The van der Waals surface area contributed by atoms with Crippen LogP contribution in [0.3, 0.4) is 0 Å². The molecule has 0 radical (unpaired) electrons. The molecule has 1 aromatic heterocycles. The summed E-state index contributed by atoms with van der Waals surface area (Å²) in [4.78, 5) is 29.8. The van der Waals surface area contributed by atoms with Crippen LogP contribution in [0.25, 0.3) is 10.9 Å². The van der Waals surface area contributed by atoms with Crippen LogP contribution < -0.4 is 0 Å². The van der Waals surface area contributed by atoms with Crippen LogP contribution >= 0.6 is 11.8 Å². The molecule has 2 aromatic rings. The second-order valence-electron chi connectivity index (χ2n) is 5.40. The normalized spacial score (nSPS) is 17.4. The van der Waals surface area contributed by atoms with E-state index < -0.39 is 6.04 Å². The molecular weight excluding hydrogens is 328 g/mol. The molecule has 1 atom stereocenters. The number of hydrogen-bond donors (Lipinski definition) is 1. The maximum Gasteiger partial charge on any atom is 0.329 e. The molecule has 1 aromatic carbocycles. The van der Waals surface area contributed by atoms with Crippen molar-refractivity contribution in [2.24, 2.45) is 0 Å². The average molecular weight is 348 g/mol. The SMILES string of the molecule is CCOCCOC(=O)[C@H]1CSCN1C(=O)c1c[nH]c2ccccc12. The van der Waals surface area contributed by atoms with Gasteiger partial charge in [0.25, 0.3) is 5.91 Å². The third-order valence-electron chi connectivity index (χ3n) is 3.91. The van der Waals surface area contributed by atoms with Gasteiger partial charge in [-0.15, -0.1) is 11.8 Å². The molecule has 0 bridgehead atoms. The molecule has 128 valence electrons. The number of nitrogens with zero attached hydrogens (tertiary/aromatic N) is 1. The molecule has 1 aliphatic rings. The number of esters is 1. The lowest BCUT2D eigenvalue weighted by molar-refractivity contribution is -0.149. The van der Waals surface area contributed by atoms with Crippen molar-refractivity contribution in [1.29, 1.82) is 0 Å². The van der Waals surface area contributed by atoms with Gasteiger partial charge in [-0.3, -0.25) is 4.79 Å². The third-order valence-corrected chi connectivity index (χ3v) is 4.92. The van der Waals surface area contributed by atoms with Gasteiger partial charge in [0.05, 0.1) is 18.0 Å². The second-order valence-corrected chi connectivity index (χ2v) is 6.40. The van der Waals surface area contributed by atoms with E-state index in [4.69, 9.17) is 9.47 Å². The molecule has 24 heavy (non-hydrogen) atoms. The maximum atomic E-state index is 12.9. The zero-order valence-corrected chi connectivity index (χ0v) is 14.3. The van der Waals surface area contributed by atoms with E-state index >= 15 is 0 Å². The molecule has 0 saturated carbocycles. The summed E-state index contributed by atoms with van der Waals surface area (Å²) in [5.41, 5.74) is 1.49. The van der Waals surface area contributed by atoms with Crippen molar-refractivity contribution in [2.45, 2.75) is 13.0 Å². The Morgan fingerprint density at radius 1 is 1.33 bits per heavy atom. The fourth-order valence-electron chi connectivity index (χ4n) is 2.68. The fourth-order valence-corrected chi connectivity index (χ4v) is 3.82. The van der Waals surface area contributed by atoms with E-state index in [-0.39, 0.29) is 18.5 Å². The zero-order valence-electron chi connectivity index (χ0n) is 13.5. The minimum Gasteiger partial charge on any atom is -0.462 e. The Balaban J connectivity index is 1.70. The van der Waals surface area contributed by atoms with Crippen LogP contribution in [0.4, 0.5) is 0 Å². The Bertz CT molecular complexity index is 730. The summed E-state index contributed by atoms with van der Waals surface area (Å²) in [6, 6.07) is 7.09. The zero-order chi connectivity index (χ0) is 16.9. The Labute approximate surface area is 144 Å². The Morgan fingerprint density at radius 2 is 2.17 bits per heavy atom. The number of benzene rings is 1. The number of ether oxygens (including phenoxy) is 2. The summed E-state index contributed by atoms with van der Waals surface area (Å²) in [6.07, 6.45) is 1.70. The van der Waals surface area contributed by atoms with Crippen LogP contribution in [0.1, 0.15) is 17.3 Å². The van der Waals surface area contributed by atoms with E-state index in [0.29, 0.717) is 30.4 Å². The number of carbonyl (C=O) groups excluding carboxylic acids is 2. The molecule has 1 fully saturated rings. The number of carbonyl (C=O) groups is 2. The smallest absolute Gasteiger partial charge is 0.329 e. The van der Waals surface area contributed by atoms with Crippen LogP contribution in [-0.4, -0.2) is 59.3 Å². The minimum absolute atomic E-state index is 0.149. The van der Waals surface area contributed by atoms with E-state index in [9.17, 15) is 9.59 Å². The summed E-state index contributed by atoms with van der Waals surface area (Å²) < 4.78 is 10.4. The largest absolute Gasteiger partial charge is 0.462 e. The number of para-hydroxylation sites is 1. The van der Waals surface area contributed by atoms with Crippen LogP contribution in [0, 0.1) is 0 Å². The molecular formula is C17H20N2O4S. The van der Waals surface area contributed by atoms with Crippen molar-refractivity contribution in [1.82, 2.24) is 9.88 Å². The van der Waals surface area contributed by atoms with E-state index in [0.717, 1.165) is 10.9 Å². The quantitative estimate of drug-likeness (QED) is 0.640. The molecule has 1 amide bonds. The number of H-pyrrole nitrogens is 1. The molecule has 6 nitrogen and oxygen atoms in total. The molecule has 1 saturated heterocycles. The van der Waals surface area contributed by atoms with Gasteiger partial charge in [-0.05, 0) is 13.0 Å². The number of thioether (sulfide) groups is 1. The van der Waals surface area contributed by atoms with E-state index in [1.54, 1.807) is 22.9 Å². The first-order valence-electron chi connectivity index (χ1n) is 7.91. The Morgan fingerprint density at radius 3 is 3.00 bits per heavy atom. The Kier molecular flexibility index (Phi) is 5.42. The van der Waals surface area contributed by atoms with Crippen LogP contribution in [0.15, 0.2) is 30.5 Å². The number of amides is 1. The molecule has 3 rings (SSSR count). The van der Waals surface area contributed by atoms with Gasteiger partial charge in [0.1, 0.15) is 12.6 Å². The first-order valence-corrected chi connectivity index (χ1v) is 9.07. The van der Waals surface area contributed by atoms with Gasteiger partial charge in [0.2, 0.25) is 0 Å². The predicted octanol–water partition coefficient (Wildman–Crippen LogP) is 2.26. The standard InChI is InChI=1S/C17H20N2O4S/c1-2-22-7-8-23-17(21)15-10-24-11-19(15)16(20)13-9-18-14-6-4-3-5-12(13)14/h3-6,9,15,18H,2,7-8,10-11H2,1H3/t15-/m1/s1. The number of hydrogen-bond acceptors (Lipinski definition) is 5. The highest BCUT2D eigenvalue weighted by molar-refractivity contribution is 7.99. The summed E-state index contributed by atoms with van der Waals surface area (Å²) in [5.74, 6) is 0.530. The summed E-state index contributed by atoms with van der Waals surface area (Å²) >= 11 is 1.56. The van der Waals surface area contributed by atoms with Gasteiger partial charge in [-0.2, -0.15) is 0 Å². The average Bonchev–Trinajstić information content (AvgIpc) is 3.24. The monoisotopic (exact) mass is 348 g/mol. The van der Waals surface area contributed by atoms with E-state index in [1.165, 1.54) is 0 Å². The molecule has 1 aliphatic heterocycles. The predicted molar refractivity (Wildman–Crippen MR) is 93.0 cm³/mol. The summed E-state index contributed by atoms with van der Waals surface area (Å²) in [7, 11) is 0. The summed E-state index contributed by atoms with van der Waals surface area (Å²) in [6.45, 7) is 3.06. The maximum absolute atomic E-state index is 12.9. The second kappa shape index (κ2) is 7.72. The molecule has 1 N–H and O–H groups in total. The first kappa shape index (κ1) is 16.9. The molecule has 0 aliphatic carbocycles. The van der Waals surface area contributed by atoms with Crippen molar-refractivity contribution >= 4 is 34.5 Å². The summed E-state index contributed by atoms with van der Waals surface area (Å²) in [5, 5.41) is 0.864. The minimum atomic E-state index is -0.544. The van der Waals surface area contributed by atoms with Gasteiger partial charge in [-0.25, -0.2) is 4.79 Å². The molecule has 0 unspecified atom stereocenters. The number of fused-ring (bicyclic) bond motifs is 1. The topological polar surface area (TPSA) is 71.6 Å². The lowest BCUT2D eigenvalue weighted by Gasteiger charge is -2.22. The first-order chi connectivity index (χ1) is 11.7. The van der Waals surface area contributed by atoms with E-state index in [1.807, 2.05) is 31.2 Å². The highest BCUT2D eigenvalue weighted by atomic mass is 32.2. The molecule has 2 heterocycles. The van der Waals surface area contributed by atoms with Gasteiger partial charge in [0, 0.05) is 29.5 Å². The highest BCUT2D eigenvalue weighted by Gasteiger charge is 2.36. The lowest BCUT2D eigenvalue weighted by Crippen LogP contribution is -2.43. The van der Waals surface area contributed by atoms with Gasteiger partial charge in [-0.1, -0.05) is 18.2 Å². The lowest BCUT2D eigenvalue weighted by atomic mass is 10.1. The molecule has 0 spiro atoms. The number of aromatic nitrogens is 1. The highest BCUT2D eigenvalue weighted by Crippen LogP contribution is 2.27. The third kappa shape index (κ3) is 3.42. The van der Waals surface area contributed by atoms with Gasteiger partial charge < -0.3 is 19.4 Å². The number of aromatic amines is 1. The van der Waals surface area contributed by atoms with Crippen LogP contribution in [-0.2, 0) is 14.3 Å². The van der Waals surface area contributed by atoms with Crippen LogP contribution in [0.5, 0.6) is 0 Å². The van der Waals surface area contributed by atoms with Crippen molar-refractivity contribution in [3.63, 3.8) is 0 Å². The van der Waals surface area contributed by atoms with Gasteiger partial charge in [0.15, 0.2) is 0 Å². The van der Waals surface area contributed by atoms with E-state index in [2.05, 4.69) is 4.98 Å². The van der Waals surface area contributed by atoms with Crippen molar-refractivity contribution in [3.05, 3.63) is 36.0 Å². The van der Waals surface area contributed by atoms with Crippen molar-refractivity contribution < 1.29 is 19.1 Å². The van der Waals surface area contributed by atoms with Crippen molar-refractivity contribution in [2.75, 3.05) is 31.5 Å². The Hall–Kier alpha value is -1.99. The van der Waals surface area contributed by atoms with Crippen molar-refractivity contribution in [3.8, 4) is 0 Å². The number of nitrogens with one attached hydrogen (secondary N) is 1.